The fourth-order valence-corrected chi connectivity index (χ4v) is 2.41. The summed E-state index contributed by atoms with van der Waals surface area (Å²) in [6.07, 6.45) is 3.90. The van der Waals surface area contributed by atoms with E-state index in [2.05, 4.69) is 15.6 Å². The molecule has 0 saturated carbocycles. The van der Waals surface area contributed by atoms with Crippen molar-refractivity contribution >= 4 is 6.03 Å². The van der Waals surface area contributed by atoms with Crippen molar-refractivity contribution in [2.24, 2.45) is 0 Å². The van der Waals surface area contributed by atoms with Gasteiger partial charge in [-0.1, -0.05) is 6.07 Å². The van der Waals surface area contributed by atoms with Gasteiger partial charge in [-0.05, 0) is 39.7 Å². The molecule has 0 aliphatic carbocycles. The fraction of sp³-hybridized carbons (Fsp3) is 0.625. The molecule has 1 aromatic heterocycles. The van der Waals surface area contributed by atoms with Crippen LogP contribution in [-0.4, -0.2) is 35.9 Å². The summed E-state index contributed by atoms with van der Waals surface area (Å²) in [6, 6.07) is 3.52. The lowest BCUT2D eigenvalue weighted by molar-refractivity contribution is 0.0860. The molecule has 1 aromatic rings. The first-order valence-electron chi connectivity index (χ1n) is 7.82. The Morgan fingerprint density at radius 2 is 2.32 bits per heavy atom. The second-order valence-electron chi connectivity index (χ2n) is 5.80. The Morgan fingerprint density at radius 1 is 1.50 bits per heavy atom. The van der Waals surface area contributed by atoms with Gasteiger partial charge in [-0.15, -0.1) is 0 Å². The van der Waals surface area contributed by atoms with Crippen LogP contribution in [0.4, 0.5) is 4.79 Å². The van der Waals surface area contributed by atoms with Gasteiger partial charge in [0.15, 0.2) is 0 Å². The first kappa shape index (κ1) is 16.5. The highest BCUT2D eigenvalue weighted by atomic mass is 16.5. The first-order chi connectivity index (χ1) is 10.6. The van der Waals surface area contributed by atoms with Crippen molar-refractivity contribution in [3.63, 3.8) is 0 Å². The quantitative estimate of drug-likeness (QED) is 0.845. The number of aromatic nitrogens is 1. The molecule has 1 saturated heterocycles. The maximum Gasteiger partial charge on any atom is 0.315 e. The largest absolute Gasteiger partial charge is 0.475 e. The van der Waals surface area contributed by atoms with Crippen LogP contribution in [0.15, 0.2) is 18.3 Å². The Morgan fingerprint density at radius 3 is 3.00 bits per heavy atom. The van der Waals surface area contributed by atoms with Gasteiger partial charge in [0.1, 0.15) is 0 Å². The maximum absolute atomic E-state index is 12.0. The molecule has 6 nitrogen and oxygen atoms in total. The number of hydrogen-bond donors (Lipinski definition) is 2. The van der Waals surface area contributed by atoms with E-state index in [1.54, 1.807) is 6.20 Å². The summed E-state index contributed by atoms with van der Waals surface area (Å²) < 4.78 is 11.2. The van der Waals surface area contributed by atoms with E-state index in [1.165, 1.54) is 0 Å². The summed E-state index contributed by atoms with van der Waals surface area (Å²) in [7, 11) is 0. The normalized spacial score (nSPS) is 19.0. The van der Waals surface area contributed by atoms with Gasteiger partial charge in [0, 0.05) is 24.9 Å². The number of pyridine rings is 1. The van der Waals surface area contributed by atoms with Crippen LogP contribution in [0, 0.1) is 0 Å². The molecule has 0 unspecified atom stereocenters. The van der Waals surface area contributed by atoms with Gasteiger partial charge >= 0.3 is 6.03 Å². The molecule has 22 heavy (non-hydrogen) atoms. The van der Waals surface area contributed by atoms with Crippen molar-refractivity contribution in [1.82, 2.24) is 15.6 Å². The number of nitrogens with one attached hydrogen (secondary N) is 2. The average Bonchev–Trinajstić information content (AvgIpc) is 3.00. The summed E-state index contributed by atoms with van der Waals surface area (Å²) >= 11 is 0. The first-order valence-corrected chi connectivity index (χ1v) is 7.82. The Hall–Kier alpha value is -1.82. The van der Waals surface area contributed by atoms with E-state index in [-0.39, 0.29) is 24.3 Å². The monoisotopic (exact) mass is 307 g/mol. The van der Waals surface area contributed by atoms with Gasteiger partial charge in [-0.25, -0.2) is 9.78 Å². The number of nitrogens with zero attached hydrogens (tertiary/aromatic N) is 1. The van der Waals surface area contributed by atoms with E-state index in [0.29, 0.717) is 12.4 Å². The number of carbonyl (C=O) groups excluding carboxylic acids is 1. The number of ether oxygens (including phenoxy) is 2. The van der Waals surface area contributed by atoms with E-state index < -0.39 is 0 Å². The lowest BCUT2D eigenvalue weighted by atomic mass is 10.1. The predicted molar refractivity (Wildman–Crippen MR) is 83.8 cm³/mol. The zero-order valence-electron chi connectivity index (χ0n) is 13.5. The molecule has 0 aromatic carbocycles. The van der Waals surface area contributed by atoms with Crippen LogP contribution in [-0.2, 0) is 11.3 Å². The van der Waals surface area contributed by atoms with E-state index in [0.717, 1.165) is 25.0 Å². The molecule has 2 heterocycles. The topological polar surface area (TPSA) is 72.5 Å². The number of carbonyl (C=O) groups is 1. The molecule has 1 aliphatic heterocycles. The second-order valence-corrected chi connectivity index (χ2v) is 5.80. The molecule has 0 spiro atoms. The number of rotatable bonds is 6. The third kappa shape index (κ3) is 4.87. The molecule has 0 bridgehead atoms. The minimum Gasteiger partial charge on any atom is -0.475 e. The summed E-state index contributed by atoms with van der Waals surface area (Å²) in [6.45, 7) is 7.01. The van der Waals surface area contributed by atoms with E-state index in [4.69, 9.17) is 9.47 Å². The van der Waals surface area contributed by atoms with E-state index >= 15 is 0 Å². The van der Waals surface area contributed by atoms with Crippen molar-refractivity contribution < 1.29 is 14.3 Å². The van der Waals surface area contributed by atoms with Gasteiger partial charge < -0.3 is 20.1 Å². The maximum atomic E-state index is 12.0. The third-order valence-corrected chi connectivity index (χ3v) is 3.52. The molecule has 122 valence electrons. The number of urea groups is 1. The molecule has 2 amide bonds. The predicted octanol–water partition coefficient (Wildman–Crippen LogP) is 2.24. The van der Waals surface area contributed by atoms with Crippen LogP contribution in [0.25, 0.3) is 0 Å². The SMILES string of the molecule is CC(C)Oc1ncccc1CNC(=O)N[C@H](C)[C@@H]1CCCO1. The molecule has 6 heteroatoms. The van der Waals surface area contributed by atoms with Crippen LogP contribution >= 0.6 is 0 Å². The van der Waals surface area contributed by atoms with Gasteiger partial charge in [0.2, 0.25) is 5.88 Å². The fourth-order valence-electron chi connectivity index (χ4n) is 2.41. The minimum atomic E-state index is -0.206. The Kier molecular flexibility index (Phi) is 6.00. The summed E-state index contributed by atoms with van der Waals surface area (Å²) in [5, 5.41) is 5.76. The zero-order chi connectivity index (χ0) is 15.9. The van der Waals surface area contributed by atoms with Crippen molar-refractivity contribution in [2.45, 2.75) is 58.4 Å². The zero-order valence-corrected chi connectivity index (χ0v) is 13.5. The molecule has 2 rings (SSSR count). The summed E-state index contributed by atoms with van der Waals surface area (Å²) in [4.78, 5) is 16.2. The Bertz CT molecular complexity index is 487. The molecular weight excluding hydrogens is 282 g/mol. The van der Waals surface area contributed by atoms with Gasteiger partial charge in [-0.3, -0.25) is 0 Å². The van der Waals surface area contributed by atoms with Gasteiger partial charge in [0.25, 0.3) is 0 Å². The molecule has 2 N–H and O–H groups in total. The van der Waals surface area contributed by atoms with Crippen LogP contribution in [0.2, 0.25) is 0 Å². The van der Waals surface area contributed by atoms with Crippen LogP contribution in [0.1, 0.15) is 39.2 Å². The minimum absolute atomic E-state index is 0.00258. The second kappa shape index (κ2) is 7.98. The lowest BCUT2D eigenvalue weighted by Crippen LogP contribution is -2.45. The molecule has 1 fully saturated rings. The third-order valence-electron chi connectivity index (χ3n) is 3.52. The van der Waals surface area contributed by atoms with Crippen molar-refractivity contribution in [1.29, 1.82) is 0 Å². The smallest absolute Gasteiger partial charge is 0.315 e. The molecular formula is C16H25N3O3. The number of hydrogen-bond acceptors (Lipinski definition) is 4. The molecule has 1 aliphatic rings. The van der Waals surface area contributed by atoms with Crippen molar-refractivity contribution in [3.05, 3.63) is 23.9 Å². The van der Waals surface area contributed by atoms with Crippen LogP contribution < -0.4 is 15.4 Å². The highest BCUT2D eigenvalue weighted by Gasteiger charge is 2.23. The number of amides is 2. The highest BCUT2D eigenvalue weighted by Crippen LogP contribution is 2.16. The molecule has 2 atom stereocenters. The highest BCUT2D eigenvalue weighted by molar-refractivity contribution is 5.74. The summed E-state index contributed by atoms with van der Waals surface area (Å²) in [5.41, 5.74) is 0.858. The van der Waals surface area contributed by atoms with Crippen molar-refractivity contribution in [3.8, 4) is 5.88 Å². The van der Waals surface area contributed by atoms with Crippen LogP contribution in [0.3, 0.4) is 0 Å². The van der Waals surface area contributed by atoms with Gasteiger partial charge in [-0.2, -0.15) is 0 Å². The van der Waals surface area contributed by atoms with Crippen LogP contribution in [0.5, 0.6) is 5.88 Å². The van der Waals surface area contributed by atoms with Crippen molar-refractivity contribution in [2.75, 3.05) is 6.61 Å². The van der Waals surface area contributed by atoms with E-state index in [9.17, 15) is 4.79 Å². The average molecular weight is 307 g/mol. The summed E-state index contributed by atoms with van der Waals surface area (Å²) in [5.74, 6) is 0.560. The standard InChI is InChI=1S/C16H25N3O3/c1-11(2)22-15-13(6-4-8-17-15)10-18-16(20)19-12(3)14-7-5-9-21-14/h4,6,8,11-12,14H,5,7,9-10H2,1-3H3,(H2,18,19,20)/t12-,14+/m1/s1. The van der Waals surface area contributed by atoms with Gasteiger partial charge in [0.05, 0.1) is 18.2 Å². The lowest BCUT2D eigenvalue weighted by Gasteiger charge is -2.20. The molecule has 0 radical (unpaired) electrons. The Balaban J connectivity index is 1.83. The van der Waals surface area contributed by atoms with E-state index in [1.807, 2.05) is 32.9 Å². The Labute approximate surface area is 131 Å².